The minimum absolute atomic E-state index is 0.123. The van der Waals surface area contributed by atoms with Crippen molar-refractivity contribution >= 4 is 5.91 Å². The number of pyridine rings is 1. The first-order valence-corrected chi connectivity index (χ1v) is 8.49. The Morgan fingerprint density at radius 3 is 2.83 bits per heavy atom. The summed E-state index contributed by atoms with van der Waals surface area (Å²) < 4.78 is 1.71. The van der Waals surface area contributed by atoms with Crippen LogP contribution in [0.15, 0.2) is 30.6 Å². The predicted octanol–water partition coefficient (Wildman–Crippen LogP) is 2.07. The van der Waals surface area contributed by atoms with Gasteiger partial charge in [-0.25, -0.2) is 0 Å². The lowest BCUT2D eigenvalue weighted by atomic mass is 9.83. The van der Waals surface area contributed by atoms with Gasteiger partial charge in [0.2, 0.25) is 0 Å². The quantitative estimate of drug-likeness (QED) is 0.880. The molecule has 0 aromatic carbocycles. The molecule has 0 aliphatic heterocycles. The van der Waals surface area contributed by atoms with Crippen LogP contribution < -0.4 is 5.32 Å². The Bertz CT molecular complexity index is 712. The van der Waals surface area contributed by atoms with Gasteiger partial charge in [-0.3, -0.25) is 14.5 Å². The summed E-state index contributed by atoms with van der Waals surface area (Å²) in [7, 11) is 0. The predicted molar refractivity (Wildman–Crippen MR) is 90.8 cm³/mol. The molecule has 3 rings (SSSR count). The summed E-state index contributed by atoms with van der Waals surface area (Å²) >= 11 is 0. The number of aliphatic hydroxyl groups excluding tert-OH is 1. The van der Waals surface area contributed by atoms with Crippen molar-refractivity contribution < 1.29 is 9.90 Å². The van der Waals surface area contributed by atoms with Gasteiger partial charge in [-0.05, 0) is 37.0 Å². The van der Waals surface area contributed by atoms with Gasteiger partial charge in [-0.1, -0.05) is 20.8 Å². The highest BCUT2D eigenvalue weighted by atomic mass is 16.3. The van der Waals surface area contributed by atoms with Gasteiger partial charge in [0.05, 0.1) is 29.4 Å². The van der Waals surface area contributed by atoms with E-state index in [0.29, 0.717) is 24.3 Å². The number of carbonyl (C=O) groups is 1. The van der Waals surface area contributed by atoms with Crippen LogP contribution in [-0.4, -0.2) is 37.9 Å². The van der Waals surface area contributed by atoms with Crippen LogP contribution in [0.1, 0.15) is 60.9 Å². The second-order valence-corrected chi connectivity index (χ2v) is 6.60. The average molecular weight is 328 g/mol. The first-order chi connectivity index (χ1) is 11.5. The van der Waals surface area contributed by atoms with E-state index in [9.17, 15) is 9.90 Å². The highest BCUT2D eigenvalue weighted by Gasteiger charge is 2.42. The number of hydrogen-bond donors (Lipinski definition) is 2. The van der Waals surface area contributed by atoms with Crippen LogP contribution in [0.2, 0.25) is 0 Å². The Morgan fingerprint density at radius 2 is 2.25 bits per heavy atom. The van der Waals surface area contributed by atoms with E-state index in [1.54, 1.807) is 10.9 Å². The standard InChI is InChI=1S/C18H24N4O2/c1-4-13-12(6-7-14(20-13)11(2)3)18(24)21-15-10-16(23)17(15)22-9-5-8-19-22/h5-9,11,15-17,23H,4,10H2,1-3H3,(H,21,24)/t15-,16+,17+/m0/s1. The molecule has 1 amide bonds. The van der Waals surface area contributed by atoms with E-state index in [2.05, 4.69) is 29.2 Å². The van der Waals surface area contributed by atoms with E-state index in [0.717, 1.165) is 11.4 Å². The van der Waals surface area contributed by atoms with Crippen LogP contribution in [0, 0.1) is 0 Å². The van der Waals surface area contributed by atoms with Crippen LogP contribution in [0.4, 0.5) is 0 Å². The SMILES string of the molecule is CCc1nc(C(C)C)ccc1C(=O)N[C@H]1C[C@@H](O)[C@@H]1n1cccn1. The topological polar surface area (TPSA) is 80.0 Å². The van der Waals surface area contributed by atoms with Crippen molar-refractivity contribution in [2.24, 2.45) is 0 Å². The van der Waals surface area contributed by atoms with Crippen LogP contribution in [-0.2, 0) is 6.42 Å². The van der Waals surface area contributed by atoms with Gasteiger partial charge in [-0.15, -0.1) is 0 Å². The molecular formula is C18H24N4O2. The molecule has 0 radical (unpaired) electrons. The summed E-state index contributed by atoms with van der Waals surface area (Å²) in [4.78, 5) is 17.3. The Kier molecular flexibility index (Phi) is 4.66. The lowest BCUT2D eigenvalue weighted by Crippen LogP contribution is -2.56. The van der Waals surface area contributed by atoms with Crippen LogP contribution in [0.3, 0.4) is 0 Å². The third-order valence-electron chi connectivity index (χ3n) is 4.62. The zero-order valence-corrected chi connectivity index (χ0v) is 14.3. The van der Waals surface area contributed by atoms with Gasteiger partial charge in [-0.2, -0.15) is 5.10 Å². The molecule has 1 aliphatic rings. The average Bonchev–Trinajstić information content (AvgIpc) is 3.06. The third-order valence-corrected chi connectivity index (χ3v) is 4.62. The second kappa shape index (κ2) is 6.73. The Hall–Kier alpha value is -2.21. The smallest absolute Gasteiger partial charge is 0.253 e. The minimum Gasteiger partial charge on any atom is -0.391 e. The molecule has 3 atom stereocenters. The normalized spacial score (nSPS) is 23.1. The number of nitrogens with one attached hydrogen (secondary N) is 1. The fraction of sp³-hybridized carbons (Fsp3) is 0.500. The molecule has 1 fully saturated rings. The van der Waals surface area contributed by atoms with E-state index in [-0.39, 0.29) is 18.0 Å². The fourth-order valence-corrected chi connectivity index (χ4v) is 3.14. The van der Waals surface area contributed by atoms with Crippen molar-refractivity contribution in [3.63, 3.8) is 0 Å². The Labute approximate surface area is 141 Å². The summed E-state index contributed by atoms with van der Waals surface area (Å²) in [5.41, 5.74) is 2.42. The maximum atomic E-state index is 12.7. The number of amides is 1. The molecule has 2 aromatic rings. The molecule has 1 aliphatic carbocycles. The van der Waals surface area contributed by atoms with Crippen molar-refractivity contribution in [3.8, 4) is 0 Å². The van der Waals surface area contributed by atoms with Gasteiger partial charge in [0.25, 0.3) is 5.91 Å². The molecule has 0 spiro atoms. The van der Waals surface area contributed by atoms with Gasteiger partial charge < -0.3 is 10.4 Å². The summed E-state index contributed by atoms with van der Waals surface area (Å²) in [6, 6.07) is 5.25. The number of hydrogen-bond acceptors (Lipinski definition) is 4. The summed E-state index contributed by atoms with van der Waals surface area (Å²) in [5, 5.41) is 17.2. The zero-order chi connectivity index (χ0) is 17.3. The number of aromatic nitrogens is 3. The molecule has 24 heavy (non-hydrogen) atoms. The molecule has 0 saturated heterocycles. The highest BCUT2D eigenvalue weighted by molar-refractivity contribution is 5.95. The molecule has 6 nitrogen and oxygen atoms in total. The van der Waals surface area contributed by atoms with E-state index < -0.39 is 6.10 Å². The van der Waals surface area contributed by atoms with Crippen molar-refractivity contribution in [2.45, 2.75) is 57.7 Å². The summed E-state index contributed by atoms with van der Waals surface area (Å²) in [6.07, 6.45) is 4.24. The van der Waals surface area contributed by atoms with E-state index in [4.69, 9.17) is 0 Å². The van der Waals surface area contributed by atoms with Gasteiger partial charge in [0.1, 0.15) is 0 Å². The van der Waals surface area contributed by atoms with E-state index >= 15 is 0 Å². The Balaban J connectivity index is 1.76. The summed E-state index contributed by atoms with van der Waals surface area (Å²) in [5.74, 6) is 0.196. The van der Waals surface area contributed by atoms with Crippen molar-refractivity contribution in [2.75, 3.05) is 0 Å². The van der Waals surface area contributed by atoms with Crippen LogP contribution >= 0.6 is 0 Å². The fourth-order valence-electron chi connectivity index (χ4n) is 3.14. The highest BCUT2D eigenvalue weighted by Crippen LogP contribution is 2.32. The van der Waals surface area contributed by atoms with Gasteiger partial charge in [0, 0.05) is 18.1 Å². The molecule has 6 heteroatoms. The maximum Gasteiger partial charge on any atom is 0.253 e. The van der Waals surface area contributed by atoms with Crippen molar-refractivity contribution in [1.82, 2.24) is 20.1 Å². The molecule has 0 bridgehead atoms. The lowest BCUT2D eigenvalue weighted by Gasteiger charge is -2.41. The Morgan fingerprint density at radius 1 is 1.46 bits per heavy atom. The summed E-state index contributed by atoms with van der Waals surface area (Å²) in [6.45, 7) is 6.18. The maximum absolute atomic E-state index is 12.7. The molecule has 2 aromatic heterocycles. The number of aliphatic hydroxyl groups is 1. The molecular weight excluding hydrogens is 304 g/mol. The van der Waals surface area contributed by atoms with Gasteiger partial charge >= 0.3 is 0 Å². The van der Waals surface area contributed by atoms with Crippen molar-refractivity contribution in [3.05, 3.63) is 47.5 Å². The first-order valence-electron chi connectivity index (χ1n) is 8.49. The lowest BCUT2D eigenvalue weighted by molar-refractivity contribution is -0.00590. The van der Waals surface area contributed by atoms with Crippen LogP contribution in [0.25, 0.3) is 0 Å². The number of nitrogens with zero attached hydrogens (tertiary/aromatic N) is 3. The van der Waals surface area contributed by atoms with Crippen LogP contribution in [0.5, 0.6) is 0 Å². The molecule has 0 unspecified atom stereocenters. The zero-order valence-electron chi connectivity index (χ0n) is 14.3. The van der Waals surface area contributed by atoms with Crippen molar-refractivity contribution in [1.29, 1.82) is 0 Å². The monoisotopic (exact) mass is 328 g/mol. The third kappa shape index (κ3) is 3.06. The van der Waals surface area contributed by atoms with E-state index in [1.165, 1.54) is 0 Å². The largest absolute Gasteiger partial charge is 0.391 e. The van der Waals surface area contributed by atoms with E-state index in [1.807, 2.05) is 31.3 Å². The molecule has 2 heterocycles. The number of aryl methyl sites for hydroxylation is 1. The minimum atomic E-state index is -0.484. The first kappa shape index (κ1) is 16.6. The number of rotatable bonds is 5. The van der Waals surface area contributed by atoms with Gasteiger partial charge in [0.15, 0.2) is 0 Å². The second-order valence-electron chi connectivity index (χ2n) is 6.60. The molecule has 1 saturated carbocycles. The number of carbonyl (C=O) groups excluding carboxylic acids is 1. The molecule has 128 valence electrons. The molecule has 2 N–H and O–H groups in total.